The fourth-order valence-electron chi connectivity index (χ4n) is 1.56. The Balaban J connectivity index is 2.12. The second kappa shape index (κ2) is 6.16. The number of carbonyl (C=O) groups excluding carboxylic acids is 1. The number of aryl methyl sites for hydroxylation is 1. The van der Waals surface area contributed by atoms with Crippen LogP contribution in [0.25, 0.3) is 0 Å². The first kappa shape index (κ1) is 14.0. The molecule has 0 aliphatic rings. The quantitative estimate of drug-likeness (QED) is 0.812. The van der Waals surface area contributed by atoms with Crippen molar-refractivity contribution in [2.24, 2.45) is 12.8 Å². The molecule has 1 amide bonds. The molecule has 0 unspecified atom stereocenters. The van der Waals surface area contributed by atoms with Crippen molar-refractivity contribution in [1.29, 1.82) is 0 Å². The fraction of sp³-hybridized carbons (Fsp3) is 0.154. The molecule has 7 heteroatoms. The molecule has 1 aromatic carbocycles. The van der Waals surface area contributed by atoms with Crippen molar-refractivity contribution in [3.8, 4) is 5.75 Å². The average Bonchev–Trinajstić information content (AvgIpc) is 2.84. The SMILES string of the molecule is Cn1cnc(C(=O)Nc2ccccc2OCC(N)=S)c1. The summed E-state index contributed by atoms with van der Waals surface area (Å²) >= 11 is 4.76. The maximum atomic E-state index is 12.0. The molecule has 1 aromatic heterocycles. The number of imidazole rings is 1. The maximum absolute atomic E-state index is 12.0. The van der Waals surface area contributed by atoms with Gasteiger partial charge in [-0.2, -0.15) is 0 Å². The number of anilines is 1. The monoisotopic (exact) mass is 290 g/mol. The van der Waals surface area contributed by atoms with Crippen molar-refractivity contribution < 1.29 is 9.53 Å². The second-order valence-electron chi connectivity index (χ2n) is 4.13. The van der Waals surface area contributed by atoms with E-state index in [1.54, 1.807) is 48.4 Å². The first-order chi connectivity index (χ1) is 9.56. The van der Waals surface area contributed by atoms with Gasteiger partial charge < -0.3 is 20.4 Å². The Morgan fingerprint density at radius 2 is 2.25 bits per heavy atom. The van der Waals surface area contributed by atoms with Crippen LogP contribution in [-0.4, -0.2) is 27.1 Å². The van der Waals surface area contributed by atoms with E-state index < -0.39 is 0 Å². The van der Waals surface area contributed by atoms with Gasteiger partial charge in [-0.25, -0.2) is 4.98 Å². The van der Waals surface area contributed by atoms with Gasteiger partial charge in [0.05, 0.1) is 12.0 Å². The third-order valence-corrected chi connectivity index (χ3v) is 2.56. The summed E-state index contributed by atoms with van der Waals surface area (Å²) in [5, 5.41) is 2.74. The van der Waals surface area contributed by atoms with E-state index in [0.717, 1.165) is 0 Å². The molecule has 0 fully saturated rings. The minimum absolute atomic E-state index is 0.117. The highest BCUT2D eigenvalue weighted by Crippen LogP contribution is 2.24. The van der Waals surface area contributed by atoms with Crippen molar-refractivity contribution in [3.63, 3.8) is 0 Å². The van der Waals surface area contributed by atoms with Crippen LogP contribution < -0.4 is 15.8 Å². The molecule has 0 bridgehead atoms. The lowest BCUT2D eigenvalue weighted by Crippen LogP contribution is -2.19. The summed E-state index contributed by atoms with van der Waals surface area (Å²) < 4.78 is 7.13. The topological polar surface area (TPSA) is 82.2 Å². The molecule has 2 rings (SSSR count). The molecular weight excluding hydrogens is 276 g/mol. The third-order valence-electron chi connectivity index (χ3n) is 2.44. The molecule has 0 aliphatic heterocycles. The van der Waals surface area contributed by atoms with Crippen LogP contribution in [0, 0.1) is 0 Å². The van der Waals surface area contributed by atoms with Gasteiger partial charge in [0.15, 0.2) is 0 Å². The van der Waals surface area contributed by atoms with Crippen LogP contribution in [0.5, 0.6) is 5.75 Å². The molecule has 3 N–H and O–H groups in total. The van der Waals surface area contributed by atoms with E-state index >= 15 is 0 Å². The molecule has 6 nitrogen and oxygen atoms in total. The lowest BCUT2D eigenvalue weighted by molar-refractivity contribution is 0.102. The number of hydrogen-bond acceptors (Lipinski definition) is 4. The Hall–Kier alpha value is -2.41. The Morgan fingerprint density at radius 1 is 1.50 bits per heavy atom. The van der Waals surface area contributed by atoms with E-state index in [1.807, 2.05) is 0 Å². The molecule has 0 saturated heterocycles. The molecule has 0 saturated carbocycles. The van der Waals surface area contributed by atoms with Crippen LogP contribution in [0.15, 0.2) is 36.8 Å². The standard InChI is InChI=1S/C13H14N4O2S/c1-17-6-10(15-8-17)13(18)16-9-4-2-3-5-11(9)19-7-12(14)20/h2-6,8H,7H2,1H3,(H2,14,20)(H,16,18). The predicted molar refractivity (Wildman–Crippen MR) is 79.9 cm³/mol. The van der Waals surface area contributed by atoms with E-state index in [-0.39, 0.29) is 17.5 Å². The Morgan fingerprint density at radius 3 is 2.90 bits per heavy atom. The normalized spacial score (nSPS) is 10.1. The number of benzene rings is 1. The summed E-state index contributed by atoms with van der Waals surface area (Å²) in [5.74, 6) is 0.196. The molecule has 1 heterocycles. The van der Waals surface area contributed by atoms with E-state index in [4.69, 9.17) is 22.7 Å². The van der Waals surface area contributed by atoms with E-state index in [0.29, 0.717) is 17.1 Å². The molecule has 104 valence electrons. The van der Waals surface area contributed by atoms with E-state index in [2.05, 4.69) is 10.3 Å². The largest absolute Gasteiger partial charge is 0.484 e. The van der Waals surface area contributed by atoms with Crippen LogP contribution in [-0.2, 0) is 7.05 Å². The number of amides is 1. The zero-order valence-electron chi connectivity index (χ0n) is 10.9. The highest BCUT2D eigenvalue weighted by atomic mass is 32.1. The van der Waals surface area contributed by atoms with Gasteiger partial charge in [0.25, 0.3) is 5.91 Å². The van der Waals surface area contributed by atoms with Crippen molar-refractivity contribution in [1.82, 2.24) is 9.55 Å². The summed E-state index contributed by atoms with van der Waals surface area (Å²) in [5.41, 5.74) is 6.26. The van der Waals surface area contributed by atoms with Gasteiger partial charge in [-0.1, -0.05) is 24.4 Å². The van der Waals surface area contributed by atoms with Crippen molar-refractivity contribution in [3.05, 3.63) is 42.5 Å². The number of nitrogens with two attached hydrogens (primary N) is 1. The Kier molecular flexibility index (Phi) is 4.31. The van der Waals surface area contributed by atoms with Gasteiger partial charge >= 0.3 is 0 Å². The van der Waals surface area contributed by atoms with Gasteiger partial charge in [-0.3, -0.25) is 4.79 Å². The van der Waals surface area contributed by atoms with Gasteiger partial charge in [0.1, 0.15) is 23.0 Å². The number of rotatable bonds is 5. The molecule has 20 heavy (non-hydrogen) atoms. The van der Waals surface area contributed by atoms with Crippen molar-refractivity contribution in [2.45, 2.75) is 0 Å². The van der Waals surface area contributed by atoms with Crippen LogP contribution >= 0.6 is 12.2 Å². The smallest absolute Gasteiger partial charge is 0.275 e. The summed E-state index contributed by atoms with van der Waals surface area (Å²) in [6, 6.07) is 7.05. The lowest BCUT2D eigenvalue weighted by atomic mass is 10.3. The number of thiocarbonyl (C=S) groups is 1. The zero-order chi connectivity index (χ0) is 14.5. The Bertz CT molecular complexity index is 639. The first-order valence-electron chi connectivity index (χ1n) is 5.85. The fourth-order valence-corrected chi connectivity index (χ4v) is 1.62. The third kappa shape index (κ3) is 3.55. The molecule has 2 aromatic rings. The summed E-state index contributed by atoms with van der Waals surface area (Å²) in [4.78, 5) is 16.3. The number of aromatic nitrogens is 2. The first-order valence-corrected chi connectivity index (χ1v) is 6.26. The van der Waals surface area contributed by atoms with Gasteiger partial charge in [-0.05, 0) is 12.1 Å². The highest BCUT2D eigenvalue weighted by molar-refractivity contribution is 7.80. The van der Waals surface area contributed by atoms with Gasteiger partial charge in [0.2, 0.25) is 0 Å². The summed E-state index contributed by atoms with van der Waals surface area (Å²) in [6.45, 7) is 0.117. The molecular formula is C13H14N4O2S. The van der Waals surface area contributed by atoms with Crippen molar-refractivity contribution >= 4 is 28.8 Å². The predicted octanol–water partition coefficient (Wildman–Crippen LogP) is 1.34. The zero-order valence-corrected chi connectivity index (χ0v) is 11.7. The molecule has 0 aliphatic carbocycles. The van der Waals surface area contributed by atoms with Crippen LogP contribution in [0.2, 0.25) is 0 Å². The number of nitrogens with one attached hydrogen (secondary N) is 1. The number of nitrogens with zero attached hydrogens (tertiary/aromatic N) is 2. The number of hydrogen-bond donors (Lipinski definition) is 2. The van der Waals surface area contributed by atoms with Crippen LogP contribution in [0.1, 0.15) is 10.5 Å². The highest BCUT2D eigenvalue weighted by Gasteiger charge is 2.11. The minimum Gasteiger partial charge on any atom is -0.484 e. The molecule has 0 radical (unpaired) electrons. The van der Waals surface area contributed by atoms with Crippen LogP contribution in [0.4, 0.5) is 5.69 Å². The van der Waals surface area contributed by atoms with Gasteiger partial charge in [-0.15, -0.1) is 0 Å². The van der Waals surface area contributed by atoms with Gasteiger partial charge in [0, 0.05) is 13.2 Å². The molecule has 0 atom stereocenters. The molecule has 0 spiro atoms. The summed E-state index contributed by atoms with van der Waals surface area (Å²) in [7, 11) is 1.79. The van der Waals surface area contributed by atoms with Crippen molar-refractivity contribution in [2.75, 3.05) is 11.9 Å². The minimum atomic E-state index is -0.308. The Labute approximate surface area is 121 Å². The second-order valence-corrected chi connectivity index (χ2v) is 4.65. The number of para-hydroxylation sites is 2. The van der Waals surface area contributed by atoms with E-state index in [1.165, 1.54) is 0 Å². The van der Waals surface area contributed by atoms with E-state index in [9.17, 15) is 4.79 Å². The van der Waals surface area contributed by atoms with Crippen LogP contribution in [0.3, 0.4) is 0 Å². The lowest BCUT2D eigenvalue weighted by Gasteiger charge is -2.11. The number of ether oxygens (including phenoxy) is 1. The maximum Gasteiger partial charge on any atom is 0.275 e. The number of carbonyl (C=O) groups is 1. The average molecular weight is 290 g/mol. The summed E-state index contributed by atoms with van der Waals surface area (Å²) in [6.07, 6.45) is 3.19.